The number of allylic oxidation sites excluding steroid dienone is 1. The van der Waals surface area contributed by atoms with E-state index in [0.717, 1.165) is 6.08 Å². The lowest BCUT2D eigenvalue weighted by molar-refractivity contribution is -0.109. The largest absolute Gasteiger partial charge is 0.506 e. The number of aliphatic imine (C=N–C) groups is 1. The average Bonchev–Trinajstić information content (AvgIpc) is 2.65. The van der Waals surface area contributed by atoms with E-state index in [0.29, 0.717) is 5.69 Å². The number of benzene rings is 2. The number of phenols is 2. The van der Waals surface area contributed by atoms with Crippen LogP contribution >= 0.6 is 23.2 Å². The molecule has 2 aromatic carbocycles. The second-order valence-electron chi connectivity index (χ2n) is 5.79. The van der Waals surface area contributed by atoms with Gasteiger partial charge in [-0.05, 0) is 36.4 Å². The summed E-state index contributed by atoms with van der Waals surface area (Å²) in [7, 11) is 0. The summed E-state index contributed by atoms with van der Waals surface area (Å²) in [6.45, 7) is -0.595. The van der Waals surface area contributed by atoms with E-state index in [2.05, 4.69) is 10.3 Å². The van der Waals surface area contributed by atoms with Gasteiger partial charge in [0.2, 0.25) is 5.78 Å². The van der Waals surface area contributed by atoms with Crippen LogP contribution in [0.2, 0.25) is 10.0 Å². The normalized spacial score (nSPS) is 15.8. The Hall–Kier alpha value is -3.00. The van der Waals surface area contributed by atoms with Gasteiger partial charge >= 0.3 is 0 Å². The van der Waals surface area contributed by atoms with Gasteiger partial charge in [-0.3, -0.25) is 4.79 Å². The summed E-state index contributed by atoms with van der Waals surface area (Å²) < 4.78 is 0. The molecule has 1 aliphatic carbocycles. The highest BCUT2D eigenvalue weighted by atomic mass is 35.5. The second-order valence-corrected chi connectivity index (χ2v) is 6.61. The van der Waals surface area contributed by atoms with Crippen LogP contribution in [0.4, 0.5) is 11.4 Å². The van der Waals surface area contributed by atoms with Crippen molar-refractivity contribution in [3.8, 4) is 11.5 Å². The van der Waals surface area contributed by atoms with E-state index in [-0.39, 0.29) is 50.0 Å². The highest BCUT2D eigenvalue weighted by molar-refractivity contribution is 6.51. The lowest BCUT2D eigenvalue weighted by atomic mass is 9.97. The number of carbonyl (C=O) groups is 1. The number of aromatic hydroxyl groups is 2. The minimum Gasteiger partial charge on any atom is -0.506 e. The Balaban J connectivity index is 2.07. The fraction of sp³-hybridized carbons (Fsp3) is 0.0526. The third-order valence-electron chi connectivity index (χ3n) is 3.89. The number of rotatable bonds is 4. The van der Waals surface area contributed by atoms with Crippen molar-refractivity contribution in [1.29, 1.82) is 0 Å². The van der Waals surface area contributed by atoms with Crippen LogP contribution < -0.4 is 5.32 Å². The van der Waals surface area contributed by atoms with E-state index in [9.17, 15) is 25.2 Å². The molecule has 0 amide bonds. The maximum absolute atomic E-state index is 12.4. The Morgan fingerprint density at radius 3 is 2.21 bits per heavy atom. The molecule has 5 N–H and O–H groups in total. The van der Waals surface area contributed by atoms with Crippen molar-refractivity contribution in [1.82, 2.24) is 0 Å². The first-order valence-corrected chi connectivity index (χ1v) is 8.68. The molecule has 0 bridgehead atoms. The zero-order valence-corrected chi connectivity index (χ0v) is 15.7. The standard InChI is InChI=1S/C19H14Cl2N2O5/c20-12-5-9(1-3-14(12)25)22-18-11(8-24)19(17(28)7-16(18)27)23-10-2-4-15(26)13(21)6-10/h1-7,22,24-27H,8H2. The monoisotopic (exact) mass is 420 g/mol. The highest BCUT2D eigenvalue weighted by Crippen LogP contribution is 2.31. The number of nitrogens with zero attached hydrogens (tertiary/aromatic N) is 1. The number of aliphatic hydroxyl groups is 2. The van der Waals surface area contributed by atoms with Gasteiger partial charge in [0.05, 0.1) is 28.0 Å². The molecule has 0 fully saturated rings. The van der Waals surface area contributed by atoms with Crippen molar-refractivity contribution in [2.75, 3.05) is 11.9 Å². The Morgan fingerprint density at radius 1 is 0.964 bits per heavy atom. The van der Waals surface area contributed by atoms with Gasteiger partial charge in [0.25, 0.3) is 0 Å². The van der Waals surface area contributed by atoms with Crippen molar-refractivity contribution in [2.24, 2.45) is 4.99 Å². The van der Waals surface area contributed by atoms with Crippen molar-refractivity contribution in [2.45, 2.75) is 0 Å². The number of halogens is 2. The number of anilines is 1. The molecule has 144 valence electrons. The van der Waals surface area contributed by atoms with Gasteiger partial charge in [0.15, 0.2) is 0 Å². The first-order chi connectivity index (χ1) is 13.3. The number of phenolic OH excluding ortho intramolecular Hbond substituents is 2. The summed E-state index contributed by atoms with van der Waals surface area (Å²) in [5.41, 5.74) is 0.698. The quantitative estimate of drug-likeness (QED) is 0.378. The highest BCUT2D eigenvalue weighted by Gasteiger charge is 2.27. The van der Waals surface area contributed by atoms with Gasteiger partial charge < -0.3 is 25.7 Å². The van der Waals surface area contributed by atoms with E-state index >= 15 is 0 Å². The predicted molar refractivity (Wildman–Crippen MR) is 107 cm³/mol. The number of hydrogen-bond acceptors (Lipinski definition) is 7. The molecule has 0 aliphatic heterocycles. The van der Waals surface area contributed by atoms with Crippen molar-refractivity contribution in [3.05, 3.63) is 69.5 Å². The number of ketones is 1. The molecule has 3 rings (SSSR count). The molecular weight excluding hydrogens is 407 g/mol. The molecule has 2 aromatic rings. The van der Waals surface area contributed by atoms with Crippen LogP contribution in [-0.2, 0) is 4.79 Å². The fourth-order valence-corrected chi connectivity index (χ4v) is 2.88. The molecule has 1 aliphatic rings. The lowest BCUT2D eigenvalue weighted by Crippen LogP contribution is -2.26. The van der Waals surface area contributed by atoms with E-state index in [1.807, 2.05) is 0 Å². The molecule has 0 atom stereocenters. The summed E-state index contributed by atoms with van der Waals surface area (Å²) in [6, 6.07) is 8.40. The molecular formula is C19H14Cl2N2O5. The third-order valence-corrected chi connectivity index (χ3v) is 4.50. The summed E-state index contributed by atoms with van der Waals surface area (Å²) in [5.74, 6) is -1.25. The first kappa shape index (κ1) is 19.8. The molecule has 0 radical (unpaired) electrons. The van der Waals surface area contributed by atoms with Gasteiger partial charge in [-0.15, -0.1) is 0 Å². The van der Waals surface area contributed by atoms with Crippen LogP contribution in [0.25, 0.3) is 0 Å². The smallest absolute Gasteiger partial charge is 0.208 e. The molecule has 0 aromatic heterocycles. The van der Waals surface area contributed by atoms with E-state index in [1.54, 1.807) is 0 Å². The Labute approximate surface area is 169 Å². The second kappa shape index (κ2) is 7.93. The Kier molecular flexibility index (Phi) is 5.60. The maximum Gasteiger partial charge on any atom is 0.208 e. The van der Waals surface area contributed by atoms with Crippen LogP contribution in [0.3, 0.4) is 0 Å². The lowest BCUT2D eigenvalue weighted by Gasteiger charge is -2.20. The zero-order chi connectivity index (χ0) is 20.4. The van der Waals surface area contributed by atoms with E-state index < -0.39 is 12.4 Å². The maximum atomic E-state index is 12.4. The van der Waals surface area contributed by atoms with E-state index in [1.165, 1.54) is 36.4 Å². The summed E-state index contributed by atoms with van der Waals surface area (Å²) in [4.78, 5) is 16.6. The van der Waals surface area contributed by atoms with Crippen LogP contribution in [-0.4, -0.2) is 38.5 Å². The molecule has 0 saturated carbocycles. The molecule has 0 unspecified atom stereocenters. The zero-order valence-electron chi connectivity index (χ0n) is 14.1. The molecule has 0 spiro atoms. The number of nitrogens with one attached hydrogen (secondary N) is 1. The van der Waals surface area contributed by atoms with Crippen LogP contribution in [0.15, 0.2) is 64.5 Å². The summed E-state index contributed by atoms with van der Waals surface area (Å²) in [5, 5.41) is 42.0. The van der Waals surface area contributed by atoms with Crippen LogP contribution in [0, 0.1) is 0 Å². The van der Waals surface area contributed by atoms with Crippen molar-refractivity contribution < 1.29 is 25.2 Å². The number of aliphatic hydroxyl groups excluding tert-OH is 2. The van der Waals surface area contributed by atoms with E-state index in [4.69, 9.17) is 23.2 Å². The molecule has 28 heavy (non-hydrogen) atoms. The molecule has 9 heteroatoms. The van der Waals surface area contributed by atoms with Crippen molar-refractivity contribution >= 4 is 46.1 Å². The van der Waals surface area contributed by atoms with Crippen molar-refractivity contribution in [3.63, 3.8) is 0 Å². The van der Waals surface area contributed by atoms with Gasteiger partial charge in [-0.1, -0.05) is 23.2 Å². The predicted octanol–water partition coefficient (Wildman–Crippen LogP) is 3.86. The minimum atomic E-state index is -0.611. The topological polar surface area (TPSA) is 122 Å². The summed E-state index contributed by atoms with van der Waals surface area (Å²) in [6.07, 6.45) is 0.963. The SMILES string of the molecule is O=C1C=C(O)C(Nc2ccc(O)c(Cl)c2)=C(CO)C1=Nc1ccc(O)c(Cl)c1. The molecule has 0 heterocycles. The molecule has 7 nitrogen and oxygen atoms in total. The first-order valence-electron chi connectivity index (χ1n) is 7.92. The number of carbonyl (C=O) groups excluding carboxylic acids is 1. The van der Waals surface area contributed by atoms with Crippen LogP contribution in [0.5, 0.6) is 11.5 Å². The third kappa shape index (κ3) is 3.96. The van der Waals surface area contributed by atoms with Gasteiger partial charge in [-0.25, -0.2) is 4.99 Å². The fourth-order valence-electron chi connectivity index (χ4n) is 2.53. The number of hydrogen-bond donors (Lipinski definition) is 5. The minimum absolute atomic E-state index is 0.0510. The van der Waals surface area contributed by atoms with Gasteiger partial charge in [0.1, 0.15) is 23.0 Å². The molecule has 0 saturated heterocycles. The van der Waals surface area contributed by atoms with Crippen LogP contribution in [0.1, 0.15) is 0 Å². The summed E-state index contributed by atoms with van der Waals surface area (Å²) >= 11 is 11.7. The Morgan fingerprint density at radius 2 is 1.61 bits per heavy atom. The van der Waals surface area contributed by atoms with Gasteiger partial charge in [0, 0.05) is 17.3 Å². The van der Waals surface area contributed by atoms with Gasteiger partial charge in [-0.2, -0.15) is 0 Å². The average molecular weight is 421 g/mol. The Bertz CT molecular complexity index is 1060.